The Hall–Kier alpha value is -1.20. The number of rotatable bonds is 2. The van der Waals surface area contributed by atoms with Crippen LogP contribution in [0.25, 0.3) is 0 Å². The van der Waals surface area contributed by atoms with Crippen LogP contribution in [0.1, 0.15) is 70.9 Å². The Morgan fingerprint density at radius 3 is 2.68 bits per heavy atom. The number of allylic oxidation sites excluding steroid dienone is 1. The lowest BCUT2D eigenvalue weighted by Gasteiger charge is -2.59. The first-order valence-corrected chi connectivity index (χ1v) is 11.8. The van der Waals surface area contributed by atoms with Crippen LogP contribution in [-0.4, -0.2) is 22.9 Å². The number of aromatic nitrogens is 1. The molecule has 152 valence electrons. The van der Waals surface area contributed by atoms with Crippen LogP contribution in [0.3, 0.4) is 0 Å². The van der Waals surface area contributed by atoms with Gasteiger partial charge in [-0.25, -0.2) is 4.98 Å². The normalized spacial score (nSPS) is 45.1. The van der Waals surface area contributed by atoms with Gasteiger partial charge in [-0.05, 0) is 74.2 Å². The Morgan fingerprint density at radius 1 is 1.14 bits per heavy atom. The summed E-state index contributed by atoms with van der Waals surface area (Å²) in [5.74, 6) is 2.19. The first kappa shape index (κ1) is 18.8. The van der Waals surface area contributed by atoms with Crippen LogP contribution in [0, 0.1) is 28.6 Å². The summed E-state index contributed by atoms with van der Waals surface area (Å²) in [4.78, 5) is 16.7. The largest absolute Gasteiger partial charge is 0.383 e. The standard InChI is InChI=1S/C23H32N2O2S/c1-21-9-6-15(26)12-14(21)4-5-16-17(21)7-10-22(2)18(16)8-11-23(22,27)19-13-28-20(24-3)25-19/h12-13,16-18,27H,4-11H2,1-3H3,(H,24,25)/t16-,17+,18+,21+,22+,23+/m1/s1. The number of hydrogen-bond acceptors (Lipinski definition) is 5. The van der Waals surface area contributed by atoms with Gasteiger partial charge in [-0.15, -0.1) is 11.3 Å². The fourth-order valence-electron chi connectivity index (χ4n) is 7.57. The molecule has 4 aliphatic rings. The molecule has 3 fully saturated rings. The Bertz CT molecular complexity index is 847. The average molecular weight is 401 g/mol. The maximum absolute atomic E-state index is 12.0. The first-order chi connectivity index (χ1) is 13.3. The fraction of sp³-hybridized carbons (Fsp3) is 0.739. The number of aliphatic hydroxyl groups is 1. The highest BCUT2D eigenvalue weighted by Crippen LogP contribution is 2.69. The van der Waals surface area contributed by atoms with Crippen LogP contribution in [0.4, 0.5) is 5.13 Å². The third-order valence-electron chi connectivity index (χ3n) is 9.26. The van der Waals surface area contributed by atoms with Gasteiger partial charge in [0, 0.05) is 24.3 Å². The maximum Gasteiger partial charge on any atom is 0.182 e. The highest BCUT2D eigenvalue weighted by molar-refractivity contribution is 7.13. The monoisotopic (exact) mass is 400 g/mol. The molecule has 0 aliphatic heterocycles. The van der Waals surface area contributed by atoms with Crippen molar-refractivity contribution < 1.29 is 9.90 Å². The predicted octanol–water partition coefficient (Wildman–Crippen LogP) is 4.90. The molecule has 4 nitrogen and oxygen atoms in total. The van der Waals surface area contributed by atoms with E-state index in [1.54, 1.807) is 11.3 Å². The van der Waals surface area contributed by atoms with Crippen molar-refractivity contribution in [3.8, 4) is 0 Å². The molecule has 0 bridgehead atoms. The van der Waals surface area contributed by atoms with Crippen LogP contribution in [0.5, 0.6) is 0 Å². The van der Waals surface area contributed by atoms with Crippen molar-refractivity contribution in [2.24, 2.45) is 28.6 Å². The van der Waals surface area contributed by atoms with Crippen molar-refractivity contribution in [2.45, 2.75) is 70.8 Å². The SMILES string of the molecule is CNc1nc([C@@]2(O)CC[C@H]3[C@@H]4CCC5=CC(=O)CC[C@]5(C)[C@H]4CC[C@@]32C)cs1. The van der Waals surface area contributed by atoms with Gasteiger partial charge in [-0.1, -0.05) is 19.4 Å². The lowest BCUT2D eigenvalue weighted by molar-refractivity contribution is -0.135. The Balaban J connectivity index is 1.49. The number of anilines is 1. The van der Waals surface area contributed by atoms with Crippen molar-refractivity contribution in [1.82, 2.24) is 4.98 Å². The summed E-state index contributed by atoms with van der Waals surface area (Å²) in [6, 6.07) is 0. The molecule has 1 aromatic rings. The van der Waals surface area contributed by atoms with E-state index in [1.807, 2.05) is 13.1 Å². The average Bonchev–Trinajstić information content (AvgIpc) is 3.26. The fourth-order valence-corrected chi connectivity index (χ4v) is 8.31. The molecule has 0 saturated heterocycles. The molecule has 5 rings (SSSR count). The van der Waals surface area contributed by atoms with E-state index in [0.29, 0.717) is 30.0 Å². The van der Waals surface area contributed by atoms with E-state index in [0.717, 1.165) is 49.4 Å². The number of ketones is 1. The lowest BCUT2D eigenvalue weighted by Crippen LogP contribution is -2.53. The van der Waals surface area contributed by atoms with Crippen molar-refractivity contribution in [1.29, 1.82) is 0 Å². The van der Waals surface area contributed by atoms with Gasteiger partial charge in [0.15, 0.2) is 10.9 Å². The second-order valence-electron chi connectivity index (χ2n) is 10.1. The van der Waals surface area contributed by atoms with Gasteiger partial charge in [0.2, 0.25) is 0 Å². The molecule has 0 spiro atoms. The number of carbonyl (C=O) groups is 1. The molecule has 5 heteroatoms. The quantitative estimate of drug-likeness (QED) is 0.741. The molecule has 28 heavy (non-hydrogen) atoms. The summed E-state index contributed by atoms with van der Waals surface area (Å²) in [5.41, 5.74) is 1.57. The summed E-state index contributed by atoms with van der Waals surface area (Å²) in [5, 5.41) is 18.0. The molecule has 0 unspecified atom stereocenters. The van der Waals surface area contributed by atoms with Crippen molar-refractivity contribution >= 4 is 22.3 Å². The summed E-state index contributed by atoms with van der Waals surface area (Å²) < 4.78 is 0. The molecular weight excluding hydrogens is 368 g/mol. The van der Waals surface area contributed by atoms with Crippen molar-refractivity contribution in [3.05, 3.63) is 22.7 Å². The number of nitrogens with zero attached hydrogens (tertiary/aromatic N) is 1. The molecule has 2 N–H and O–H groups in total. The smallest absolute Gasteiger partial charge is 0.182 e. The molecule has 0 aromatic carbocycles. The van der Waals surface area contributed by atoms with E-state index >= 15 is 0 Å². The zero-order valence-electron chi connectivity index (χ0n) is 17.3. The van der Waals surface area contributed by atoms with Crippen LogP contribution in [-0.2, 0) is 10.4 Å². The van der Waals surface area contributed by atoms with E-state index in [1.165, 1.54) is 12.0 Å². The van der Waals surface area contributed by atoms with E-state index < -0.39 is 5.60 Å². The second-order valence-corrected chi connectivity index (χ2v) is 11.0. The zero-order valence-corrected chi connectivity index (χ0v) is 18.1. The van der Waals surface area contributed by atoms with Crippen LogP contribution < -0.4 is 5.32 Å². The van der Waals surface area contributed by atoms with Gasteiger partial charge in [-0.3, -0.25) is 4.79 Å². The van der Waals surface area contributed by atoms with Gasteiger partial charge in [0.1, 0.15) is 5.60 Å². The minimum absolute atomic E-state index is 0.102. The highest BCUT2D eigenvalue weighted by Gasteiger charge is 2.65. The maximum atomic E-state index is 12.0. The second kappa shape index (κ2) is 6.15. The summed E-state index contributed by atoms with van der Waals surface area (Å²) in [7, 11) is 1.89. The van der Waals surface area contributed by atoms with E-state index in [4.69, 9.17) is 4.98 Å². The number of nitrogens with one attached hydrogen (secondary N) is 1. The third kappa shape index (κ3) is 2.32. The number of carbonyl (C=O) groups excluding carboxylic acids is 1. The molecule has 1 aromatic heterocycles. The van der Waals surface area contributed by atoms with Gasteiger partial charge in [-0.2, -0.15) is 0 Å². The Labute approximate surface area is 171 Å². The molecule has 3 saturated carbocycles. The van der Waals surface area contributed by atoms with Crippen LogP contribution >= 0.6 is 11.3 Å². The summed E-state index contributed by atoms with van der Waals surface area (Å²) >= 11 is 1.59. The lowest BCUT2D eigenvalue weighted by atomic mass is 9.46. The topological polar surface area (TPSA) is 62.2 Å². The Kier molecular flexibility index (Phi) is 4.13. The van der Waals surface area contributed by atoms with Crippen LogP contribution in [0.2, 0.25) is 0 Å². The molecule has 4 aliphatic carbocycles. The Morgan fingerprint density at radius 2 is 1.93 bits per heavy atom. The van der Waals surface area contributed by atoms with Gasteiger partial charge in [0.05, 0.1) is 5.69 Å². The predicted molar refractivity (Wildman–Crippen MR) is 112 cm³/mol. The van der Waals surface area contributed by atoms with E-state index in [9.17, 15) is 9.90 Å². The molecular formula is C23H32N2O2S. The first-order valence-electron chi connectivity index (χ1n) is 10.9. The number of thiazole rings is 1. The molecule has 6 atom stereocenters. The minimum atomic E-state index is -0.812. The van der Waals surface area contributed by atoms with Gasteiger partial charge in [0.25, 0.3) is 0 Å². The number of fused-ring (bicyclic) bond motifs is 5. The summed E-state index contributed by atoms with van der Waals surface area (Å²) in [6.45, 7) is 4.75. The van der Waals surface area contributed by atoms with Crippen LogP contribution in [0.15, 0.2) is 17.0 Å². The van der Waals surface area contributed by atoms with Crippen molar-refractivity contribution in [3.63, 3.8) is 0 Å². The third-order valence-corrected chi connectivity index (χ3v) is 10.1. The summed E-state index contributed by atoms with van der Waals surface area (Å²) in [6.07, 6.45) is 10.1. The van der Waals surface area contributed by atoms with E-state index in [2.05, 4.69) is 24.5 Å². The zero-order chi connectivity index (χ0) is 19.7. The van der Waals surface area contributed by atoms with Gasteiger partial charge < -0.3 is 10.4 Å². The van der Waals surface area contributed by atoms with E-state index in [-0.39, 0.29) is 10.8 Å². The molecule has 1 heterocycles. The number of hydrogen-bond donors (Lipinski definition) is 2. The minimum Gasteiger partial charge on any atom is -0.383 e. The highest BCUT2D eigenvalue weighted by atomic mass is 32.1. The van der Waals surface area contributed by atoms with Gasteiger partial charge >= 0.3 is 0 Å². The molecule has 0 amide bonds. The molecule has 0 radical (unpaired) electrons. The van der Waals surface area contributed by atoms with Crippen molar-refractivity contribution in [2.75, 3.05) is 12.4 Å².